The van der Waals surface area contributed by atoms with Crippen molar-refractivity contribution in [2.75, 3.05) is 39.2 Å². The molecule has 1 amide bonds. The zero-order chi connectivity index (χ0) is 21.0. The number of amides is 1. The van der Waals surface area contributed by atoms with Gasteiger partial charge in [0.1, 0.15) is 12.4 Å². The molecule has 1 aromatic carbocycles. The number of nitrogens with zero attached hydrogens (tertiary/aromatic N) is 1. The monoisotopic (exact) mass is 452 g/mol. The number of carbonyl (C=O) groups is 1. The van der Waals surface area contributed by atoms with Crippen LogP contribution in [0.2, 0.25) is 0 Å². The smallest absolute Gasteiger partial charge is 0.220 e. The number of nitrogens with one attached hydrogen (secondary N) is 1. The summed E-state index contributed by atoms with van der Waals surface area (Å²) < 4.78 is 11.4. The molecule has 2 heterocycles. The highest BCUT2D eigenvalue weighted by Crippen LogP contribution is 2.39. The topological polar surface area (TPSA) is 50.8 Å². The van der Waals surface area contributed by atoms with Crippen LogP contribution in [0.15, 0.2) is 24.3 Å². The molecular weight excluding hydrogens is 416 g/mol. The molecule has 2 aliphatic rings. The Labute approximate surface area is 189 Å². The highest BCUT2D eigenvalue weighted by molar-refractivity contribution is 8.77. The highest BCUT2D eigenvalue weighted by Gasteiger charge is 2.18. The van der Waals surface area contributed by atoms with Gasteiger partial charge in [-0.05, 0) is 56.8 Å². The lowest BCUT2D eigenvalue weighted by atomic mass is 10.1. The van der Waals surface area contributed by atoms with E-state index in [1.54, 1.807) is 0 Å². The van der Waals surface area contributed by atoms with Crippen molar-refractivity contribution < 1.29 is 14.3 Å². The SMILES string of the molecule is CN(CCOc1cccc(CNC(=O)CCCCC2CCSS2)c1)C1CCOCC1. The van der Waals surface area contributed by atoms with Crippen LogP contribution < -0.4 is 10.1 Å². The average molecular weight is 453 g/mol. The number of unbranched alkanes of at least 4 members (excludes halogenated alkanes) is 1. The number of likely N-dealkylation sites (N-methyl/N-ethyl adjacent to an activating group) is 1. The van der Waals surface area contributed by atoms with E-state index in [1.807, 2.05) is 45.9 Å². The molecule has 0 aromatic heterocycles. The fraction of sp³-hybridized carbons (Fsp3) is 0.696. The molecule has 0 saturated carbocycles. The summed E-state index contributed by atoms with van der Waals surface area (Å²) in [5.74, 6) is 2.30. The molecule has 0 bridgehead atoms. The standard InChI is InChI=1S/C23H36N2O3S2/c1-25(20-9-13-27-14-10-20)12-15-28-21-6-4-5-19(17-21)18-24-23(26)8-3-2-7-22-11-16-29-30-22/h4-6,17,20,22H,2-3,7-16,18H2,1H3,(H,24,26). The van der Waals surface area contributed by atoms with Gasteiger partial charge < -0.3 is 14.8 Å². The van der Waals surface area contributed by atoms with Crippen LogP contribution in [0.5, 0.6) is 5.75 Å². The van der Waals surface area contributed by atoms with Crippen LogP contribution in [0.25, 0.3) is 0 Å². The second kappa shape index (κ2) is 13.5. The number of hydrogen-bond donors (Lipinski definition) is 1. The summed E-state index contributed by atoms with van der Waals surface area (Å²) in [6.07, 6.45) is 7.53. The maximum atomic E-state index is 12.1. The quantitative estimate of drug-likeness (QED) is 0.372. The van der Waals surface area contributed by atoms with Gasteiger partial charge in [0.15, 0.2) is 0 Å². The summed E-state index contributed by atoms with van der Waals surface area (Å²) in [4.78, 5) is 14.5. The number of carbonyl (C=O) groups excluding carboxylic acids is 1. The van der Waals surface area contributed by atoms with Gasteiger partial charge >= 0.3 is 0 Å². The molecule has 0 radical (unpaired) electrons. The Morgan fingerprint density at radius 3 is 2.93 bits per heavy atom. The second-order valence-electron chi connectivity index (χ2n) is 8.17. The molecular formula is C23H36N2O3S2. The average Bonchev–Trinajstić information content (AvgIpc) is 3.30. The molecule has 1 unspecified atom stereocenters. The van der Waals surface area contributed by atoms with E-state index in [2.05, 4.69) is 17.3 Å². The summed E-state index contributed by atoms with van der Waals surface area (Å²) in [6, 6.07) is 8.65. The maximum absolute atomic E-state index is 12.1. The Hall–Kier alpha value is -0.890. The van der Waals surface area contributed by atoms with Crippen LogP contribution in [0.1, 0.15) is 50.5 Å². The largest absolute Gasteiger partial charge is 0.492 e. The van der Waals surface area contributed by atoms with Gasteiger partial charge in [-0.3, -0.25) is 9.69 Å². The Morgan fingerprint density at radius 2 is 2.13 bits per heavy atom. The van der Waals surface area contributed by atoms with Crippen LogP contribution in [-0.4, -0.2) is 61.3 Å². The Bertz CT molecular complexity index is 635. The molecule has 2 aliphatic heterocycles. The van der Waals surface area contributed by atoms with Crippen LogP contribution >= 0.6 is 21.6 Å². The van der Waals surface area contributed by atoms with Crippen LogP contribution in [0.4, 0.5) is 0 Å². The predicted octanol–water partition coefficient (Wildman–Crippen LogP) is 4.51. The van der Waals surface area contributed by atoms with Gasteiger partial charge in [-0.25, -0.2) is 0 Å². The summed E-state index contributed by atoms with van der Waals surface area (Å²) in [5.41, 5.74) is 1.08. The van der Waals surface area contributed by atoms with E-state index >= 15 is 0 Å². The van der Waals surface area contributed by atoms with E-state index < -0.39 is 0 Å². The summed E-state index contributed by atoms with van der Waals surface area (Å²) in [7, 11) is 6.17. The number of rotatable bonds is 12. The first-order chi connectivity index (χ1) is 14.7. The van der Waals surface area contributed by atoms with Crippen molar-refractivity contribution in [3.8, 4) is 5.75 Å². The second-order valence-corrected chi connectivity index (χ2v) is 11.0. The van der Waals surface area contributed by atoms with Gasteiger partial charge in [0.2, 0.25) is 5.91 Å². The van der Waals surface area contributed by atoms with Crippen molar-refractivity contribution in [3.63, 3.8) is 0 Å². The van der Waals surface area contributed by atoms with Crippen molar-refractivity contribution in [2.24, 2.45) is 0 Å². The Balaban J connectivity index is 1.29. The molecule has 30 heavy (non-hydrogen) atoms. The lowest BCUT2D eigenvalue weighted by molar-refractivity contribution is -0.121. The van der Waals surface area contributed by atoms with E-state index in [9.17, 15) is 4.79 Å². The molecule has 2 fully saturated rings. The minimum absolute atomic E-state index is 0.146. The summed E-state index contributed by atoms with van der Waals surface area (Å²) >= 11 is 0. The molecule has 7 heteroatoms. The van der Waals surface area contributed by atoms with E-state index in [4.69, 9.17) is 9.47 Å². The Morgan fingerprint density at radius 1 is 1.27 bits per heavy atom. The van der Waals surface area contributed by atoms with Crippen molar-refractivity contribution in [2.45, 2.75) is 62.8 Å². The van der Waals surface area contributed by atoms with Crippen LogP contribution in [0.3, 0.4) is 0 Å². The minimum atomic E-state index is 0.146. The predicted molar refractivity (Wildman–Crippen MR) is 127 cm³/mol. The molecule has 3 rings (SSSR count). The van der Waals surface area contributed by atoms with Crippen molar-refractivity contribution >= 4 is 27.5 Å². The third kappa shape index (κ3) is 8.69. The van der Waals surface area contributed by atoms with Gasteiger partial charge in [-0.1, -0.05) is 40.1 Å². The van der Waals surface area contributed by atoms with Gasteiger partial charge in [0.25, 0.3) is 0 Å². The van der Waals surface area contributed by atoms with Crippen LogP contribution in [-0.2, 0) is 16.1 Å². The fourth-order valence-electron chi connectivity index (χ4n) is 3.87. The first-order valence-electron chi connectivity index (χ1n) is 11.3. The van der Waals surface area contributed by atoms with Crippen molar-refractivity contribution in [3.05, 3.63) is 29.8 Å². The number of benzene rings is 1. The molecule has 168 valence electrons. The molecule has 0 spiro atoms. The third-order valence-electron chi connectivity index (χ3n) is 5.82. The summed E-state index contributed by atoms with van der Waals surface area (Å²) in [5, 5.41) is 3.85. The lowest BCUT2D eigenvalue weighted by Gasteiger charge is -2.31. The minimum Gasteiger partial charge on any atom is -0.492 e. The molecule has 1 aromatic rings. The first kappa shape index (κ1) is 23.8. The first-order valence-corrected chi connectivity index (χ1v) is 13.6. The van der Waals surface area contributed by atoms with E-state index in [1.165, 1.54) is 18.6 Å². The summed E-state index contributed by atoms with van der Waals surface area (Å²) in [6.45, 7) is 3.86. The molecule has 1 N–H and O–H groups in total. The maximum Gasteiger partial charge on any atom is 0.220 e. The fourth-order valence-corrected chi connectivity index (χ4v) is 6.90. The zero-order valence-electron chi connectivity index (χ0n) is 18.1. The van der Waals surface area contributed by atoms with Gasteiger partial charge in [-0.2, -0.15) is 0 Å². The highest BCUT2D eigenvalue weighted by atomic mass is 33.1. The zero-order valence-corrected chi connectivity index (χ0v) is 19.8. The van der Waals surface area contributed by atoms with Crippen molar-refractivity contribution in [1.29, 1.82) is 0 Å². The Kier molecular flexibility index (Phi) is 10.7. The molecule has 0 aliphatic carbocycles. The molecule has 5 nitrogen and oxygen atoms in total. The van der Waals surface area contributed by atoms with Gasteiger partial charge in [0.05, 0.1) is 0 Å². The third-order valence-corrected chi connectivity index (χ3v) is 8.83. The van der Waals surface area contributed by atoms with Crippen molar-refractivity contribution in [1.82, 2.24) is 10.2 Å². The lowest BCUT2D eigenvalue weighted by Crippen LogP contribution is -2.38. The normalized spacial score (nSPS) is 19.9. The van der Waals surface area contributed by atoms with Gasteiger partial charge in [-0.15, -0.1) is 0 Å². The number of hydrogen-bond acceptors (Lipinski definition) is 6. The van der Waals surface area contributed by atoms with Gasteiger partial charge in [0, 0.05) is 49.8 Å². The molecule has 2 saturated heterocycles. The van der Waals surface area contributed by atoms with Crippen LogP contribution in [0, 0.1) is 0 Å². The van der Waals surface area contributed by atoms with E-state index in [0.717, 1.165) is 62.0 Å². The molecule has 1 atom stereocenters. The van der Waals surface area contributed by atoms with E-state index in [-0.39, 0.29) is 5.91 Å². The van der Waals surface area contributed by atoms with E-state index in [0.29, 0.717) is 25.6 Å². The number of ether oxygens (including phenoxy) is 2.